The second-order valence-electron chi connectivity index (χ2n) is 9.50. The number of methoxy groups -OCH3 is 1. The van der Waals surface area contributed by atoms with Crippen LogP contribution in [0.25, 0.3) is 16.6 Å². The van der Waals surface area contributed by atoms with Gasteiger partial charge in [0.15, 0.2) is 29.5 Å². The molecule has 1 amide bonds. The number of hydrogen-bond acceptors (Lipinski definition) is 9. The lowest BCUT2D eigenvalue weighted by molar-refractivity contribution is -0.153. The molecule has 44 heavy (non-hydrogen) atoms. The van der Waals surface area contributed by atoms with E-state index < -0.39 is 18.7 Å². The summed E-state index contributed by atoms with van der Waals surface area (Å²) in [6.45, 7) is 2.39. The molecule has 0 bridgehead atoms. The van der Waals surface area contributed by atoms with Crippen LogP contribution in [0.15, 0.2) is 73.4 Å². The predicted octanol–water partition coefficient (Wildman–Crippen LogP) is 6.38. The van der Waals surface area contributed by atoms with Crippen LogP contribution in [0.4, 0.5) is 19.0 Å². The summed E-state index contributed by atoms with van der Waals surface area (Å²) < 4.78 is 62.2. The minimum absolute atomic E-state index is 0.0123. The van der Waals surface area contributed by atoms with Crippen molar-refractivity contribution in [3.63, 3.8) is 0 Å². The number of ether oxygens (including phenoxy) is 4. The lowest BCUT2D eigenvalue weighted by atomic mass is 10.1. The molecule has 5 aromatic rings. The number of pyridine rings is 3. The maximum atomic E-state index is 13.0. The Morgan fingerprint density at radius 2 is 1.86 bits per heavy atom. The van der Waals surface area contributed by atoms with Crippen molar-refractivity contribution in [2.24, 2.45) is 0 Å². The molecule has 228 valence electrons. The number of nitrogens with zero attached hydrogens (tertiary/aromatic N) is 5. The topological polar surface area (TPSA) is 123 Å². The first kappa shape index (κ1) is 30.1. The van der Waals surface area contributed by atoms with E-state index in [0.717, 1.165) is 6.42 Å². The highest BCUT2D eigenvalue weighted by Crippen LogP contribution is 2.37. The number of alkyl halides is 3. The molecular formula is C30H27F3N6O5. The Morgan fingerprint density at radius 3 is 2.55 bits per heavy atom. The van der Waals surface area contributed by atoms with Crippen LogP contribution in [0.3, 0.4) is 0 Å². The fourth-order valence-electron chi connectivity index (χ4n) is 3.99. The van der Waals surface area contributed by atoms with Crippen molar-refractivity contribution in [1.29, 1.82) is 0 Å². The first-order chi connectivity index (χ1) is 21.1. The zero-order chi connectivity index (χ0) is 31.3. The van der Waals surface area contributed by atoms with Gasteiger partial charge in [-0.3, -0.25) is 14.8 Å². The van der Waals surface area contributed by atoms with Gasteiger partial charge in [-0.05, 0) is 49.7 Å². The third kappa shape index (κ3) is 7.14. The molecule has 0 fully saturated rings. The van der Waals surface area contributed by atoms with Gasteiger partial charge in [-0.1, -0.05) is 6.92 Å². The highest BCUT2D eigenvalue weighted by Gasteiger charge is 2.30. The molecular weight excluding hydrogens is 581 g/mol. The Balaban J connectivity index is 1.34. The Hall–Kier alpha value is -5.40. The van der Waals surface area contributed by atoms with E-state index in [4.69, 9.17) is 18.9 Å². The summed E-state index contributed by atoms with van der Waals surface area (Å²) >= 11 is 0. The third-order valence-electron chi connectivity index (χ3n) is 6.29. The summed E-state index contributed by atoms with van der Waals surface area (Å²) in [5.74, 6) is 0.844. The maximum Gasteiger partial charge on any atom is 0.422 e. The second-order valence-corrected chi connectivity index (χ2v) is 9.50. The van der Waals surface area contributed by atoms with Gasteiger partial charge in [0.25, 0.3) is 5.91 Å². The van der Waals surface area contributed by atoms with Gasteiger partial charge in [0, 0.05) is 23.8 Å². The average Bonchev–Trinajstić information content (AvgIpc) is 3.45. The third-order valence-corrected chi connectivity index (χ3v) is 6.29. The lowest BCUT2D eigenvalue weighted by Crippen LogP contribution is -2.21. The number of hydrogen-bond donors (Lipinski definition) is 1. The normalized spacial score (nSPS) is 12.0. The fourth-order valence-corrected chi connectivity index (χ4v) is 3.99. The summed E-state index contributed by atoms with van der Waals surface area (Å²) in [6, 6.07) is 11.5. The van der Waals surface area contributed by atoms with Gasteiger partial charge in [0.05, 0.1) is 43.0 Å². The number of rotatable bonds is 11. The quantitative estimate of drug-likeness (QED) is 0.182. The minimum Gasteiger partial charge on any atom is -0.493 e. The first-order valence-corrected chi connectivity index (χ1v) is 13.4. The number of fused-ring (bicyclic) bond motifs is 1. The van der Waals surface area contributed by atoms with Gasteiger partial charge in [0.1, 0.15) is 17.3 Å². The van der Waals surface area contributed by atoms with Crippen molar-refractivity contribution < 1.29 is 36.9 Å². The number of anilines is 1. The standard InChI is InChI=1S/C30H27F3N6O5/c1-4-18(2)43-25-13-22-21(12-24(25)41-3)23(9-11-35-22)44-20-7-8-27(36-15-20)37-29(40)28-26(42-17-30(31,32)33)16-39(38-28)19-6-5-10-34-14-19/h5-16,18H,4,17H2,1-3H3,(H,36,37,40). The van der Waals surface area contributed by atoms with Crippen LogP contribution in [-0.2, 0) is 0 Å². The van der Waals surface area contributed by atoms with E-state index in [-0.39, 0.29) is 23.4 Å². The predicted molar refractivity (Wildman–Crippen MR) is 154 cm³/mol. The molecule has 4 aromatic heterocycles. The lowest BCUT2D eigenvalue weighted by Gasteiger charge is -2.17. The van der Waals surface area contributed by atoms with Gasteiger partial charge in [-0.2, -0.15) is 18.3 Å². The SMILES string of the molecule is CCC(C)Oc1cc2nccc(Oc3ccc(NC(=O)c4nn(-c5cccnc5)cc4OCC(F)(F)F)nc3)c2cc1OC. The minimum atomic E-state index is -4.61. The molecule has 0 spiro atoms. The Bertz CT molecular complexity index is 1750. The monoisotopic (exact) mass is 608 g/mol. The highest BCUT2D eigenvalue weighted by molar-refractivity contribution is 6.04. The Morgan fingerprint density at radius 1 is 1.02 bits per heavy atom. The van der Waals surface area contributed by atoms with E-state index in [2.05, 4.69) is 25.4 Å². The molecule has 5 rings (SSSR count). The molecule has 0 aliphatic carbocycles. The van der Waals surface area contributed by atoms with Gasteiger partial charge in [-0.15, -0.1) is 0 Å². The van der Waals surface area contributed by atoms with Crippen molar-refractivity contribution >= 4 is 22.6 Å². The Labute approximate surface area is 249 Å². The Kier molecular flexibility index (Phi) is 8.78. The van der Waals surface area contributed by atoms with E-state index in [1.54, 1.807) is 49.7 Å². The zero-order valence-corrected chi connectivity index (χ0v) is 23.8. The van der Waals surface area contributed by atoms with Gasteiger partial charge in [-0.25, -0.2) is 9.67 Å². The summed E-state index contributed by atoms with van der Waals surface area (Å²) in [6.07, 6.45) is 3.31. The second kappa shape index (κ2) is 12.9. The molecule has 1 N–H and O–H groups in total. The van der Waals surface area contributed by atoms with E-state index >= 15 is 0 Å². The molecule has 14 heteroatoms. The van der Waals surface area contributed by atoms with Crippen molar-refractivity contribution in [3.05, 3.63) is 79.1 Å². The summed E-state index contributed by atoms with van der Waals surface area (Å²) in [7, 11) is 1.55. The molecule has 4 heterocycles. The van der Waals surface area contributed by atoms with Crippen LogP contribution in [-0.4, -0.2) is 56.6 Å². The smallest absolute Gasteiger partial charge is 0.422 e. The molecule has 11 nitrogen and oxygen atoms in total. The van der Waals surface area contributed by atoms with E-state index in [1.807, 2.05) is 13.8 Å². The van der Waals surface area contributed by atoms with Gasteiger partial charge in [0.2, 0.25) is 0 Å². The fraction of sp³-hybridized carbons (Fsp3) is 0.233. The molecule has 0 saturated carbocycles. The molecule has 1 unspecified atom stereocenters. The van der Waals surface area contributed by atoms with Crippen molar-refractivity contribution in [2.45, 2.75) is 32.5 Å². The first-order valence-electron chi connectivity index (χ1n) is 13.4. The van der Waals surface area contributed by atoms with E-state index in [9.17, 15) is 18.0 Å². The molecule has 0 radical (unpaired) electrons. The number of amides is 1. The van der Waals surface area contributed by atoms with E-state index in [1.165, 1.54) is 35.5 Å². The number of benzene rings is 1. The maximum absolute atomic E-state index is 13.0. The van der Waals surface area contributed by atoms with E-state index in [0.29, 0.717) is 39.6 Å². The molecule has 0 saturated heterocycles. The van der Waals surface area contributed by atoms with Crippen LogP contribution in [0.2, 0.25) is 0 Å². The number of carbonyl (C=O) groups is 1. The largest absolute Gasteiger partial charge is 0.493 e. The number of halogens is 3. The highest BCUT2D eigenvalue weighted by atomic mass is 19.4. The summed E-state index contributed by atoms with van der Waals surface area (Å²) in [4.78, 5) is 25.6. The van der Waals surface area contributed by atoms with Crippen LogP contribution in [0.1, 0.15) is 30.8 Å². The van der Waals surface area contributed by atoms with Gasteiger partial charge < -0.3 is 24.3 Å². The molecule has 0 aliphatic heterocycles. The average molecular weight is 609 g/mol. The van der Waals surface area contributed by atoms with Crippen LogP contribution >= 0.6 is 0 Å². The van der Waals surface area contributed by atoms with Crippen molar-refractivity contribution in [2.75, 3.05) is 19.0 Å². The van der Waals surface area contributed by atoms with Crippen molar-refractivity contribution in [1.82, 2.24) is 24.7 Å². The molecule has 1 aromatic carbocycles. The number of carbonyl (C=O) groups excluding carboxylic acids is 1. The van der Waals surface area contributed by atoms with Crippen molar-refractivity contribution in [3.8, 4) is 34.4 Å². The molecule has 1 atom stereocenters. The van der Waals surface area contributed by atoms with Gasteiger partial charge >= 0.3 is 6.18 Å². The molecule has 0 aliphatic rings. The zero-order valence-electron chi connectivity index (χ0n) is 23.8. The van der Waals surface area contributed by atoms with Crippen LogP contribution < -0.4 is 24.3 Å². The van der Waals surface area contributed by atoms with Crippen LogP contribution in [0.5, 0.6) is 28.7 Å². The number of aromatic nitrogens is 5. The number of nitrogens with one attached hydrogen (secondary N) is 1. The van der Waals surface area contributed by atoms with Crippen LogP contribution in [0, 0.1) is 0 Å². The summed E-state index contributed by atoms with van der Waals surface area (Å²) in [5.41, 5.74) is 0.686. The summed E-state index contributed by atoms with van der Waals surface area (Å²) in [5, 5.41) is 7.31.